The standard InChI is InChI=1S/C24H26BrN3O3S/c1-2-3-10-28-23(30)20-15-19(27-11-13-31-14-12-27)8-9-21(20)26-24(28)32-16-22(29)17-4-6-18(25)7-5-17/h4-9,15H,2-3,10-14,16H2,1H3. The van der Waals surface area contributed by atoms with Crippen LogP contribution in [0.2, 0.25) is 0 Å². The van der Waals surface area contributed by atoms with Gasteiger partial charge in [-0.15, -0.1) is 0 Å². The van der Waals surface area contributed by atoms with Crippen molar-refractivity contribution in [2.45, 2.75) is 31.5 Å². The van der Waals surface area contributed by atoms with Crippen molar-refractivity contribution < 1.29 is 9.53 Å². The second-order valence-electron chi connectivity index (χ2n) is 7.72. The average molecular weight is 516 g/mol. The smallest absolute Gasteiger partial charge is 0.262 e. The first-order valence-electron chi connectivity index (χ1n) is 10.9. The molecule has 3 aromatic rings. The van der Waals surface area contributed by atoms with Gasteiger partial charge in [0.1, 0.15) is 0 Å². The number of unbranched alkanes of at least 4 members (excludes halogenated alkanes) is 1. The molecule has 0 N–H and O–H groups in total. The van der Waals surface area contributed by atoms with E-state index in [0.29, 0.717) is 41.4 Å². The van der Waals surface area contributed by atoms with Gasteiger partial charge in [-0.3, -0.25) is 14.2 Å². The van der Waals surface area contributed by atoms with E-state index < -0.39 is 0 Å². The number of nitrogens with zero attached hydrogens (tertiary/aromatic N) is 3. The number of aromatic nitrogens is 2. The van der Waals surface area contributed by atoms with Gasteiger partial charge in [0.15, 0.2) is 10.9 Å². The molecule has 0 unspecified atom stereocenters. The predicted molar refractivity (Wildman–Crippen MR) is 133 cm³/mol. The Morgan fingerprint density at radius 1 is 1.16 bits per heavy atom. The van der Waals surface area contributed by atoms with Crippen LogP contribution in [-0.2, 0) is 11.3 Å². The van der Waals surface area contributed by atoms with Gasteiger partial charge in [-0.2, -0.15) is 0 Å². The van der Waals surface area contributed by atoms with E-state index in [-0.39, 0.29) is 17.1 Å². The molecule has 1 aliphatic rings. The van der Waals surface area contributed by atoms with Gasteiger partial charge in [0.05, 0.1) is 29.9 Å². The Balaban J connectivity index is 1.63. The number of hydrogen-bond donors (Lipinski definition) is 0. The minimum absolute atomic E-state index is 0.0153. The van der Waals surface area contributed by atoms with Crippen LogP contribution in [-0.4, -0.2) is 47.4 Å². The topological polar surface area (TPSA) is 64.4 Å². The van der Waals surface area contributed by atoms with E-state index in [1.165, 1.54) is 11.8 Å². The molecule has 1 aromatic heterocycles. The molecule has 168 valence electrons. The van der Waals surface area contributed by atoms with Crippen LogP contribution >= 0.6 is 27.7 Å². The van der Waals surface area contributed by atoms with Crippen LogP contribution in [0.25, 0.3) is 10.9 Å². The zero-order valence-electron chi connectivity index (χ0n) is 18.1. The third-order valence-electron chi connectivity index (χ3n) is 5.51. The lowest BCUT2D eigenvalue weighted by Crippen LogP contribution is -2.36. The van der Waals surface area contributed by atoms with Gasteiger partial charge in [0.2, 0.25) is 0 Å². The van der Waals surface area contributed by atoms with Gasteiger partial charge in [-0.1, -0.05) is 53.2 Å². The number of rotatable bonds is 8. The van der Waals surface area contributed by atoms with Crippen molar-refractivity contribution in [1.82, 2.24) is 9.55 Å². The van der Waals surface area contributed by atoms with E-state index in [9.17, 15) is 9.59 Å². The van der Waals surface area contributed by atoms with Crippen molar-refractivity contribution >= 4 is 50.1 Å². The van der Waals surface area contributed by atoms with Crippen molar-refractivity contribution in [2.75, 3.05) is 37.0 Å². The normalized spacial score (nSPS) is 14.1. The van der Waals surface area contributed by atoms with Crippen molar-refractivity contribution in [1.29, 1.82) is 0 Å². The van der Waals surface area contributed by atoms with Crippen LogP contribution in [0.1, 0.15) is 30.1 Å². The Morgan fingerprint density at radius 3 is 2.62 bits per heavy atom. The second-order valence-corrected chi connectivity index (χ2v) is 9.58. The molecule has 0 radical (unpaired) electrons. The third-order valence-corrected chi connectivity index (χ3v) is 7.02. The lowest BCUT2D eigenvalue weighted by molar-refractivity contribution is 0.102. The summed E-state index contributed by atoms with van der Waals surface area (Å²) < 4.78 is 8.11. The van der Waals surface area contributed by atoms with Crippen molar-refractivity contribution in [3.8, 4) is 0 Å². The molecule has 0 bridgehead atoms. The van der Waals surface area contributed by atoms with E-state index in [4.69, 9.17) is 9.72 Å². The Morgan fingerprint density at radius 2 is 1.91 bits per heavy atom. The van der Waals surface area contributed by atoms with Gasteiger partial charge in [-0.25, -0.2) is 4.98 Å². The lowest BCUT2D eigenvalue weighted by Gasteiger charge is -2.29. The number of Topliss-reactive ketones (excluding diaryl/α,β-unsaturated/α-hetero) is 1. The van der Waals surface area contributed by atoms with Crippen molar-refractivity contribution in [2.24, 2.45) is 0 Å². The second kappa shape index (κ2) is 10.6. The summed E-state index contributed by atoms with van der Waals surface area (Å²) in [7, 11) is 0. The highest BCUT2D eigenvalue weighted by Gasteiger charge is 2.17. The number of ether oxygens (including phenoxy) is 1. The van der Waals surface area contributed by atoms with E-state index in [2.05, 4.69) is 27.8 Å². The maximum absolute atomic E-state index is 13.4. The maximum Gasteiger partial charge on any atom is 0.262 e. The number of ketones is 1. The zero-order chi connectivity index (χ0) is 22.5. The van der Waals surface area contributed by atoms with Crippen LogP contribution in [0.5, 0.6) is 0 Å². The summed E-state index contributed by atoms with van der Waals surface area (Å²) in [5.41, 5.74) is 2.29. The average Bonchev–Trinajstić information content (AvgIpc) is 2.83. The maximum atomic E-state index is 13.4. The summed E-state index contributed by atoms with van der Waals surface area (Å²) in [6.07, 6.45) is 1.85. The largest absolute Gasteiger partial charge is 0.378 e. The Labute approximate surface area is 200 Å². The van der Waals surface area contributed by atoms with Crippen LogP contribution < -0.4 is 10.5 Å². The molecule has 8 heteroatoms. The lowest BCUT2D eigenvalue weighted by atomic mass is 10.2. The molecule has 1 aliphatic heterocycles. The molecule has 1 saturated heterocycles. The minimum Gasteiger partial charge on any atom is -0.378 e. The zero-order valence-corrected chi connectivity index (χ0v) is 20.5. The molecule has 0 atom stereocenters. The van der Waals surface area contributed by atoms with Crippen LogP contribution in [0.3, 0.4) is 0 Å². The first kappa shape index (κ1) is 23.0. The van der Waals surface area contributed by atoms with Crippen molar-refractivity contribution in [3.05, 3.63) is 62.9 Å². The molecule has 0 aliphatic carbocycles. The van der Waals surface area contributed by atoms with Gasteiger partial charge >= 0.3 is 0 Å². The Hall–Kier alpha value is -2.16. The fraction of sp³-hybridized carbons (Fsp3) is 0.375. The molecule has 0 saturated carbocycles. The molecule has 1 fully saturated rings. The van der Waals surface area contributed by atoms with E-state index >= 15 is 0 Å². The Kier molecular flexibility index (Phi) is 7.65. The summed E-state index contributed by atoms with van der Waals surface area (Å²) in [4.78, 5) is 33.1. The predicted octanol–water partition coefficient (Wildman–Crippen LogP) is 4.77. The molecule has 32 heavy (non-hydrogen) atoms. The monoisotopic (exact) mass is 515 g/mol. The molecule has 0 spiro atoms. The summed E-state index contributed by atoms with van der Waals surface area (Å²) in [5, 5.41) is 1.22. The number of halogens is 1. The first-order chi connectivity index (χ1) is 15.6. The highest BCUT2D eigenvalue weighted by atomic mass is 79.9. The van der Waals surface area contributed by atoms with Gasteiger partial charge in [0.25, 0.3) is 5.56 Å². The van der Waals surface area contributed by atoms with Crippen LogP contribution in [0.4, 0.5) is 5.69 Å². The number of benzene rings is 2. The fourth-order valence-corrected chi connectivity index (χ4v) is 4.86. The van der Waals surface area contributed by atoms with E-state index in [1.807, 2.05) is 30.3 Å². The SMILES string of the molecule is CCCCn1c(SCC(=O)c2ccc(Br)cc2)nc2ccc(N3CCOCC3)cc2c1=O. The molecular formula is C24H26BrN3O3S. The van der Waals surface area contributed by atoms with Gasteiger partial charge < -0.3 is 9.64 Å². The van der Waals surface area contributed by atoms with Crippen LogP contribution in [0.15, 0.2) is 56.9 Å². The quantitative estimate of drug-likeness (QED) is 0.244. The summed E-state index contributed by atoms with van der Waals surface area (Å²) in [6.45, 7) is 5.71. The Bertz CT molecular complexity index is 1160. The first-order valence-corrected chi connectivity index (χ1v) is 12.6. The number of fused-ring (bicyclic) bond motifs is 1. The number of thioether (sulfide) groups is 1. The number of anilines is 1. The molecule has 0 amide bonds. The molecule has 2 aromatic carbocycles. The summed E-state index contributed by atoms with van der Waals surface area (Å²) in [5.74, 6) is 0.249. The highest BCUT2D eigenvalue weighted by Crippen LogP contribution is 2.24. The van der Waals surface area contributed by atoms with Crippen LogP contribution in [0, 0.1) is 0 Å². The summed E-state index contributed by atoms with van der Waals surface area (Å²) >= 11 is 4.72. The van der Waals surface area contributed by atoms with Gasteiger partial charge in [-0.05, 0) is 36.8 Å². The number of carbonyl (C=O) groups excluding carboxylic acids is 1. The molecule has 4 rings (SSSR count). The molecule has 2 heterocycles. The third kappa shape index (κ3) is 5.24. The minimum atomic E-state index is -0.0443. The molecular weight excluding hydrogens is 490 g/mol. The van der Waals surface area contributed by atoms with E-state index in [1.54, 1.807) is 16.7 Å². The van der Waals surface area contributed by atoms with E-state index in [0.717, 1.165) is 36.1 Å². The number of morpholine rings is 1. The number of carbonyl (C=O) groups is 1. The van der Waals surface area contributed by atoms with Gasteiger partial charge in [0, 0.05) is 35.4 Å². The number of hydrogen-bond acceptors (Lipinski definition) is 6. The molecule has 6 nitrogen and oxygen atoms in total. The van der Waals surface area contributed by atoms with Crippen molar-refractivity contribution in [3.63, 3.8) is 0 Å². The highest BCUT2D eigenvalue weighted by molar-refractivity contribution is 9.10. The fourth-order valence-electron chi connectivity index (χ4n) is 3.68. The summed E-state index contributed by atoms with van der Waals surface area (Å²) in [6, 6.07) is 13.2.